The third-order valence-electron chi connectivity index (χ3n) is 4.23. The normalized spacial score (nSPS) is 20.7. The van der Waals surface area contributed by atoms with Gasteiger partial charge in [-0.15, -0.1) is 0 Å². The topological polar surface area (TPSA) is 20.2 Å². The predicted octanol–water partition coefficient (Wildman–Crippen LogP) is 3.84. The molecule has 2 rings (SSSR count). The molecule has 1 aromatic carbocycles. The molecule has 1 unspecified atom stereocenters. The number of hydrogen-bond donors (Lipinski definition) is 1. The van der Waals surface area contributed by atoms with Crippen LogP contribution in [0.4, 0.5) is 8.78 Å². The van der Waals surface area contributed by atoms with Crippen LogP contribution < -0.4 is 0 Å². The second-order valence-corrected chi connectivity index (χ2v) is 5.67. The Balaban J connectivity index is 2.08. The Morgan fingerprint density at radius 3 is 2.50 bits per heavy atom. The minimum Gasteiger partial charge on any atom is -0.392 e. The van der Waals surface area contributed by atoms with Crippen molar-refractivity contribution >= 4 is 0 Å². The molecule has 1 aromatic rings. The van der Waals surface area contributed by atoms with Gasteiger partial charge in [-0.25, -0.2) is 8.78 Å². The molecular weight excluding hydrogens is 234 g/mol. The average Bonchev–Trinajstić information content (AvgIpc) is 2.33. The summed E-state index contributed by atoms with van der Waals surface area (Å²) in [6, 6.07) is 3.56. The van der Waals surface area contributed by atoms with E-state index in [1.165, 1.54) is 18.6 Å². The summed E-state index contributed by atoms with van der Waals surface area (Å²) in [4.78, 5) is 0. The number of hydrogen-bond acceptors (Lipinski definition) is 1. The number of benzene rings is 1. The zero-order chi connectivity index (χ0) is 13.2. The molecule has 0 amide bonds. The van der Waals surface area contributed by atoms with Crippen molar-refractivity contribution in [1.82, 2.24) is 0 Å². The van der Waals surface area contributed by atoms with Crippen molar-refractivity contribution in [3.8, 4) is 0 Å². The van der Waals surface area contributed by atoms with E-state index < -0.39 is 17.7 Å². The number of halogens is 2. The van der Waals surface area contributed by atoms with Gasteiger partial charge in [0.1, 0.15) is 11.6 Å². The van der Waals surface area contributed by atoms with Crippen LogP contribution in [0.5, 0.6) is 0 Å². The zero-order valence-corrected chi connectivity index (χ0v) is 10.8. The highest BCUT2D eigenvalue weighted by atomic mass is 19.1. The van der Waals surface area contributed by atoms with Gasteiger partial charge >= 0.3 is 0 Å². The Hall–Kier alpha value is -0.960. The van der Waals surface area contributed by atoms with Crippen LogP contribution in [0.15, 0.2) is 18.2 Å². The Kier molecular flexibility index (Phi) is 4.00. The lowest BCUT2D eigenvalue weighted by Crippen LogP contribution is -2.36. The van der Waals surface area contributed by atoms with Crippen LogP contribution in [-0.2, 0) is 6.42 Å². The molecule has 1 aliphatic rings. The molecule has 1 aliphatic carbocycles. The molecule has 1 saturated carbocycles. The van der Waals surface area contributed by atoms with E-state index in [-0.39, 0.29) is 11.8 Å². The molecule has 1 fully saturated rings. The average molecular weight is 254 g/mol. The lowest BCUT2D eigenvalue weighted by molar-refractivity contribution is 0.00987. The lowest BCUT2D eigenvalue weighted by Gasteiger charge is -2.38. The summed E-state index contributed by atoms with van der Waals surface area (Å²) in [5, 5.41) is 10.3. The molecule has 1 atom stereocenters. The SMILES string of the molecule is CC1(C(O)Cc2ccc(F)cc2F)CCCCC1. The van der Waals surface area contributed by atoms with Crippen LogP contribution in [-0.4, -0.2) is 11.2 Å². The van der Waals surface area contributed by atoms with Gasteiger partial charge < -0.3 is 5.11 Å². The Bertz CT molecular complexity index is 411. The Labute approximate surface area is 107 Å². The second kappa shape index (κ2) is 5.35. The summed E-state index contributed by atoms with van der Waals surface area (Å²) < 4.78 is 26.4. The largest absolute Gasteiger partial charge is 0.392 e. The van der Waals surface area contributed by atoms with Gasteiger partial charge in [0.25, 0.3) is 0 Å². The minimum absolute atomic E-state index is 0.126. The van der Waals surface area contributed by atoms with E-state index in [2.05, 4.69) is 6.92 Å². The first-order chi connectivity index (χ1) is 8.51. The van der Waals surface area contributed by atoms with E-state index in [9.17, 15) is 13.9 Å². The standard InChI is InChI=1S/C15H20F2O/c1-15(7-3-2-4-8-15)14(18)9-11-5-6-12(16)10-13(11)17/h5-6,10,14,18H,2-4,7-9H2,1H3. The van der Waals surface area contributed by atoms with Gasteiger partial charge in [-0.3, -0.25) is 0 Å². The summed E-state index contributed by atoms with van der Waals surface area (Å²) in [7, 11) is 0. The summed E-state index contributed by atoms with van der Waals surface area (Å²) in [5.74, 6) is -1.14. The molecule has 100 valence electrons. The van der Waals surface area contributed by atoms with E-state index in [4.69, 9.17) is 0 Å². The second-order valence-electron chi connectivity index (χ2n) is 5.67. The highest BCUT2D eigenvalue weighted by Crippen LogP contribution is 2.39. The monoisotopic (exact) mass is 254 g/mol. The van der Waals surface area contributed by atoms with Crippen LogP contribution in [0.25, 0.3) is 0 Å². The van der Waals surface area contributed by atoms with Crippen molar-refractivity contribution in [1.29, 1.82) is 0 Å². The maximum Gasteiger partial charge on any atom is 0.129 e. The van der Waals surface area contributed by atoms with Gasteiger partial charge in [0.2, 0.25) is 0 Å². The summed E-state index contributed by atoms with van der Waals surface area (Å²) >= 11 is 0. The molecule has 0 aliphatic heterocycles. The van der Waals surface area contributed by atoms with Crippen LogP contribution in [0.1, 0.15) is 44.6 Å². The van der Waals surface area contributed by atoms with Gasteiger partial charge in [-0.2, -0.15) is 0 Å². The smallest absolute Gasteiger partial charge is 0.129 e. The maximum atomic E-state index is 13.6. The first kappa shape index (κ1) is 13.5. The third kappa shape index (κ3) is 2.89. The lowest BCUT2D eigenvalue weighted by atomic mass is 9.70. The van der Waals surface area contributed by atoms with Gasteiger partial charge in [-0.05, 0) is 29.9 Å². The van der Waals surface area contributed by atoms with Gasteiger partial charge in [-0.1, -0.05) is 32.3 Å². The van der Waals surface area contributed by atoms with E-state index in [0.717, 1.165) is 31.7 Å². The molecule has 3 heteroatoms. The predicted molar refractivity (Wildman–Crippen MR) is 67.3 cm³/mol. The van der Waals surface area contributed by atoms with Crippen molar-refractivity contribution in [2.75, 3.05) is 0 Å². The first-order valence-electron chi connectivity index (χ1n) is 6.63. The highest BCUT2D eigenvalue weighted by molar-refractivity contribution is 5.19. The Morgan fingerprint density at radius 1 is 1.22 bits per heavy atom. The molecular formula is C15H20F2O. The minimum atomic E-state index is -0.574. The number of rotatable bonds is 3. The molecule has 0 aromatic heterocycles. The molecule has 0 heterocycles. The van der Waals surface area contributed by atoms with Crippen molar-refractivity contribution in [2.45, 2.75) is 51.6 Å². The Morgan fingerprint density at radius 2 is 1.89 bits per heavy atom. The molecule has 1 N–H and O–H groups in total. The summed E-state index contributed by atoms with van der Waals surface area (Å²) in [5.41, 5.74) is 0.273. The molecule has 0 bridgehead atoms. The van der Waals surface area contributed by atoms with E-state index in [1.54, 1.807) is 0 Å². The van der Waals surface area contributed by atoms with Crippen LogP contribution >= 0.6 is 0 Å². The maximum absolute atomic E-state index is 13.6. The molecule has 0 saturated heterocycles. The third-order valence-corrected chi connectivity index (χ3v) is 4.23. The van der Waals surface area contributed by atoms with Crippen molar-refractivity contribution < 1.29 is 13.9 Å². The van der Waals surface area contributed by atoms with Crippen molar-refractivity contribution in [2.24, 2.45) is 5.41 Å². The zero-order valence-electron chi connectivity index (χ0n) is 10.8. The van der Waals surface area contributed by atoms with Crippen molar-refractivity contribution in [3.63, 3.8) is 0 Å². The molecule has 0 radical (unpaired) electrons. The molecule has 0 spiro atoms. The van der Waals surface area contributed by atoms with Crippen molar-refractivity contribution in [3.05, 3.63) is 35.4 Å². The van der Waals surface area contributed by atoms with Gasteiger partial charge in [0.05, 0.1) is 6.10 Å². The quantitative estimate of drug-likeness (QED) is 0.869. The van der Waals surface area contributed by atoms with Crippen LogP contribution in [0.2, 0.25) is 0 Å². The van der Waals surface area contributed by atoms with E-state index >= 15 is 0 Å². The first-order valence-corrected chi connectivity index (χ1v) is 6.63. The number of aliphatic hydroxyl groups excluding tert-OH is 1. The summed E-state index contributed by atoms with van der Waals surface area (Å²) in [6.07, 6.45) is 5.14. The fraction of sp³-hybridized carbons (Fsp3) is 0.600. The highest BCUT2D eigenvalue weighted by Gasteiger charge is 2.34. The van der Waals surface area contributed by atoms with Gasteiger partial charge in [0.15, 0.2) is 0 Å². The number of aliphatic hydroxyl groups is 1. The van der Waals surface area contributed by atoms with Gasteiger partial charge in [0, 0.05) is 12.5 Å². The molecule has 1 nitrogen and oxygen atoms in total. The summed E-state index contributed by atoms with van der Waals surface area (Å²) in [6.45, 7) is 2.07. The van der Waals surface area contributed by atoms with Crippen LogP contribution in [0.3, 0.4) is 0 Å². The van der Waals surface area contributed by atoms with E-state index in [0.29, 0.717) is 5.56 Å². The fourth-order valence-corrected chi connectivity index (χ4v) is 2.83. The molecule has 18 heavy (non-hydrogen) atoms. The fourth-order valence-electron chi connectivity index (χ4n) is 2.83. The van der Waals surface area contributed by atoms with E-state index in [1.807, 2.05) is 0 Å². The van der Waals surface area contributed by atoms with Crippen LogP contribution in [0, 0.1) is 17.0 Å².